The van der Waals surface area contributed by atoms with Crippen LogP contribution in [0.5, 0.6) is 0 Å². The summed E-state index contributed by atoms with van der Waals surface area (Å²) in [6.45, 7) is 5.77. The maximum absolute atomic E-state index is 12.4. The standard InChI is InChI=1S/C21H22O2/c1-17(2)10-11-18-8-7-9-19(16-18)20(22)12-15-21(23-3)13-5-4-6-14-21/h4-13,15-16H,1,14H2,2-3H3. The van der Waals surface area contributed by atoms with Gasteiger partial charge < -0.3 is 4.74 Å². The van der Waals surface area contributed by atoms with Gasteiger partial charge in [0.25, 0.3) is 0 Å². The minimum atomic E-state index is -0.526. The number of benzene rings is 1. The second-order valence-corrected chi connectivity index (χ2v) is 5.65. The molecule has 2 heteroatoms. The summed E-state index contributed by atoms with van der Waals surface area (Å²) >= 11 is 0. The Hall–Kier alpha value is -2.45. The van der Waals surface area contributed by atoms with Gasteiger partial charge in [-0.25, -0.2) is 0 Å². The first-order valence-corrected chi connectivity index (χ1v) is 7.61. The molecule has 1 aromatic rings. The third-order valence-corrected chi connectivity index (χ3v) is 3.69. The zero-order chi connectivity index (χ0) is 16.7. The highest BCUT2D eigenvalue weighted by atomic mass is 16.5. The lowest BCUT2D eigenvalue weighted by molar-refractivity contribution is 0.0751. The number of ether oxygens (including phenoxy) is 1. The highest BCUT2D eigenvalue weighted by molar-refractivity contribution is 6.04. The molecule has 1 aliphatic carbocycles. The third-order valence-electron chi connectivity index (χ3n) is 3.69. The molecule has 2 nitrogen and oxygen atoms in total. The third kappa shape index (κ3) is 4.76. The number of ketones is 1. The van der Waals surface area contributed by atoms with Crippen LogP contribution in [0.2, 0.25) is 0 Å². The molecule has 0 saturated carbocycles. The molecule has 23 heavy (non-hydrogen) atoms. The molecule has 0 bridgehead atoms. The molecule has 118 valence electrons. The highest BCUT2D eigenvalue weighted by Gasteiger charge is 2.23. The lowest BCUT2D eigenvalue weighted by Crippen LogP contribution is -2.26. The molecule has 0 spiro atoms. The van der Waals surface area contributed by atoms with Crippen LogP contribution in [0.3, 0.4) is 0 Å². The number of hydrogen-bond acceptors (Lipinski definition) is 2. The molecule has 0 aromatic heterocycles. The Morgan fingerprint density at radius 3 is 2.78 bits per heavy atom. The van der Waals surface area contributed by atoms with Gasteiger partial charge >= 0.3 is 0 Å². The molecular weight excluding hydrogens is 284 g/mol. The molecule has 0 saturated heterocycles. The van der Waals surface area contributed by atoms with E-state index in [1.165, 1.54) is 0 Å². The van der Waals surface area contributed by atoms with Crippen molar-refractivity contribution in [2.24, 2.45) is 0 Å². The Kier molecular flexibility index (Phi) is 5.67. The topological polar surface area (TPSA) is 26.3 Å². The van der Waals surface area contributed by atoms with Crippen molar-refractivity contribution in [3.63, 3.8) is 0 Å². The summed E-state index contributed by atoms with van der Waals surface area (Å²) in [6, 6.07) is 7.54. The van der Waals surface area contributed by atoms with Crippen LogP contribution in [0.25, 0.3) is 6.08 Å². The molecule has 0 heterocycles. The van der Waals surface area contributed by atoms with Gasteiger partial charge in [-0.1, -0.05) is 60.7 Å². The molecule has 1 aliphatic rings. The summed E-state index contributed by atoms with van der Waals surface area (Å²) in [4.78, 5) is 12.4. The summed E-state index contributed by atoms with van der Waals surface area (Å²) in [6.07, 6.45) is 15.9. The van der Waals surface area contributed by atoms with Gasteiger partial charge in [-0.15, -0.1) is 0 Å². The van der Waals surface area contributed by atoms with Gasteiger partial charge in [-0.3, -0.25) is 4.79 Å². The molecule has 1 aromatic carbocycles. The number of rotatable bonds is 6. The Morgan fingerprint density at radius 2 is 2.13 bits per heavy atom. The van der Waals surface area contributed by atoms with Crippen molar-refractivity contribution in [1.29, 1.82) is 0 Å². The van der Waals surface area contributed by atoms with Gasteiger partial charge in [-0.2, -0.15) is 0 Å². The van der Waals surface area contributed by atoms with Gasteiger partial charge in [0, 0.05) is 19.1 Å². The number of carbonyl (C=O) groups is 1. The predicted molar refractivity (Wildman–Crippen MR) is 96.4 cm³/mol. The zero-order valence-electron chi connectivity index (χ0n) is 13.7. The van der Waals surface area contributed by atoms with Crippen molar-refractivity contribution < 1.29 is 9.53 Å². The van der Waals surface area contributed by atoms with Gasteiger partial charge in [-0.05, 0) is 36.8 Å². The van der Waals surface area contributed by atoms with Crippen molar-refractivity contribution in [2.45, 2.75) is 18.9 Å². The molecule has 1 atom stereocenters. The number of hydrogen-bond donors (Lipinski definition) is 0. The maximum atomic E-state index is 12.4. The normalized spacial score (nSPS) is 20.4. The average Bonchev–Trinajstić information content (AvgIpc) is 2.59. The molecular formula is C21H22O2. The summed E-state index contributed by atoms with van der Waals surface area (Å²) in [5.74, 6) is -0.0325. The first-order chi connectivity index (χ1) is 11.0. The average molecular weight is 306 g/mol. The lowest BCUT2D eigenvalue weighted by Gasteiger charge is -2.25. The second-order valence-electron chi connectivity index (χ2n) is 5.65. The Bertz CT molecular complexity index is 704. The molecule has 0 amide bonds. The quantitative estimate of drug-likeness (QED) is 0.424. The largest absolute Gasteiger partial charge is 0.370 e. The summed E-state index contributed by atoms with van der Waals surface area (Å²) in [5, 5.41) is 0. The number of allylic oxidation sites excluding steroid dienone is 5. The minimum absolute atomic E-state index is 0.0325. The van der Waals surface area contributed by atoms with Crippen LogP contribution in [0.1, 0.15) is 29.3 Å². The van der Waals surface area contributed by atoms with Crippen LogP contribution in [0.4, 0.5) is 0 Å². The van der Waals surface area contributed by atoms with Crippen LogP contribution < -0.4 is 0 Å². The van der Waals surface area contributed by atoms with E-state index in [0.29, 0.717) is 5.56 Å². The first kappa shape index (κ1) is 16.9. The number of carbonyl (C=O) groups excluding carboxylic acids is 1. The molecule has 1 unspecified atom stereocenters. The van der Waals surface area contributed by atoms with Gasteiger partial charge in [0.1, 0.15) is 5.60 Å². The van der Waals surface area contributed by atoms with E-state index < -0.39 is 5.60 Å². The fraction of sp³-hybridized carbons (Fsp3) is 0.190. The summed E-state index contributed by atoms with van der Waals surface area (Å²) < 4.78 is 5.56. The molecule has 0 N–H and O–H groups in total. The summed E-state index contributed by atoms with van der Waals surface area (Å²) in [7, 11) is 1.65. The minimum Gasteiger partial charge on any atom is -0.370 e. The van der Waals surface area contributed by atoms with Crippen molar-refractivity contribution in [3.8, 4) is 0 Å². The molecule has 2 rings (SSSR count). The summed E-state index contributed by atoms with van der Waals surface area (Å²) in [5.41, 5.74) is 2.09. The van der Waals surface area contributed by atoms with Crippen molar-refractivity contribution in [3.05, 3.63) is 90.1 Å². The van der Waals surface area contributed by atoms with Crippen molar-refractivity contribution in [2.75, 3.05) is 7.11 Å². The van der Waals surface area contributed by atoms with Crippen LogP contribution in [0.15, 0.2) is 78.9 Å². The van der Waals surface area contributed by atoms with Crippen LogP contribution in [-0.4, -0.2) is 18.5 Å². The SMILES string of the molecule is C=C(C)C=Cc1cccc(C(=O)C=CC2(OC)C=CC=CC2)c1. The van der Waals surface area contributed by atoms with E-state index in [9.17, 15) is 4.79 Å². The number of methoxy groups -OCH3 is 1. The predicted octanol–water partition coefficient (Wildman–Crippen LogP) is 4.92. The van der Waals surface area contributed by atoms with E-state index in [0.717, 1.165) is 17.6 Å². The molecule has 0 fully saturated rings. The lowest BCUT2D eigenvalue weighted by atomic mass is 9.93. The monoisotopic (exact) mass is 306 g/mol. The fourth-order valence-electron chi connectivity index (χ4n) is 2.31. The van der Waals surface area contributed by atoms with Crippen molar-refractivity contribution >= 4 is 11.9 Å². The smallest absolute Gasteiger partial charge is 0.185 e. The Balaban J connectivity index is 2.16. The van der Waals surface area contributed by atoms with E-state index in [4.69, 9.17) is 4.74 Å². The zero-order valence-corrected chi connectivity index (χ0v) is 13.7. The van der Waals surface area contributed by atoms with E-state index >= 15 is 0 Å². The highest BCUT2D eigenvalue weighted by Crippen LogP contribution is 2.23. The van der Waals surface area contributed by atoms with Crippen LogP contribution in [-0.2, 0) is 4.74 Å². The molecule has 0 radical (unpaired) electrons. The second kappa shape index (κ2) is 7.70. The Morgan fingerprint density at radius 1 is 1.30 bits per heavy atom. The van der Waals surface area contributed by atoms with E-state index in [2.05, 4.69) is 6.58 Å². The van der Waals surface area contributed by atoms with E-state index in [1.54, 1.807) is 13.2 Å². The van der Waals surface area contributed by atoms with Gasteiger partial charge in [0.2, 0.25) is 0 Å². The molecule has 0 aliphatic heterocycles. The van der Waals surface area contributed by atoms with Gasteiger partial charge in [0.05, 0.1) is 0 Å². The Labute approximate surface area is 138 Å². The fourth-order valence-corrected chi connectivity index (χ4v) is 2.31. The van der Waals surface area contributed by atoms with Gasteiger partial charge in [0.15, 0.2) is 5.78 Å². The first-order valence-electron chi connectivity index (χ1n) is 7.61. The van der Waals surface area contributed by atoms with E-state index in [-0.39, 0.29) is 5.78 Å². The van der Waals surface area contributed by atoms with E-state index in [1.807, 2.05) is 73.7 Å². The maximum Gasteiger partial charge on any atom is 0.185 e. The van der Waals surface area contributed by atoms with Crippen LogP contribution in [0, 0.1) is 0 Å². The van der Waals surface area contributed by atoms with Crippen molar-refractivity contribution in [1.82, 2.24) is 0 Å². The van der Waals surface area contributed by atoms with Crippen LogP contribution >= 0.6 is 0 Å².